The van der Waals surface area contributed by atoms with Gasteiger partial charge in [0.15, 0.2) is 0 Å². The first-order chi connectivity index (χ1) is 9.15. The summed E-state index contributed by atoms with van der Waals surface area (Å²) in [5, 5.41) is 7.90. The number of aryl methyl sites for hydroxylation is 1. The van der Waals surface area contributed by atoms with Gasteiger partial charge in [-0.3, -0.25) is 5.10 Å². The van der Waals surface area contributed by atoms with E-state index < -0.39 is 0 Å². The summed E-state index contributed by atoms with van der Waals surface area (Å²) in [5.74, 6) is 3.06. The van der Waals surface area contributed by atoms with E-state index in [0.29, 0.717) is 12.5 Å². The van der Waals surface area contributed by atoms with Crippen LogP contribution in [0.2, 0.25) is 0 Å². The summed E-state index contributed by atoms with van der Waals surface area (Å²) in [5.41, 5.74) is 1.21. The zero-order valence-electron chi connectivity index (χ0n) is 11.5. The van der Waals surface area contributed by atoms with Crippen LogP contribution in [0.15, 0.2) is 29.4 Å². The van der Waals surface area contributed by atoms with Gasteiger partial charge in [-0.2, -0.15) is 0 Å². The summed E-state index contributed by atoms with van der Waals surface area (Å²) >= 11 is 1.60. The molecule has 19 heavy (non-hydrogen) atoms. The number of H-pyrrole nitrogens is 1. The van der Waals surface area contributed by atoms with E-state index >= 15 is 0 Å². The fraction of sp³-hybridized carbons (Fsp3) is 0.429. The van der Waals surface area contributed by atoms with Crippen LogP contribution < -0.4 is 4.74 Å². The van der Waals surface area contributed by atoms with Crippen LogP contribution in [0.1, 0.15) is 31.2 Å². The first-order valence-corrected chi connectivity index (χ1v) is 7.38. The second-order valence-electron chi connectivity index (χ2n) is 4.67. The molecule has 1 heterocycles. The lowest BCUT2D eigenvalue weighted by molar-refractivity contribution is 0.343. The molecular formula is C14H19N3OS. The van der Waals surface area contributed by atoms with Gasteiger partial charge in [-0.05, 0) is 24.6 Å². The highest BCUT2D eigenvalue weighted by atomic mass is 32.2. The topological polar surface area (TPSA) is 50.8 Å². The maximum Gasteiger partial charge on any atom is 0.208 e. The van der Waals surface area contributed by atoms with Crippen LogP contribution in [0.4, 0.5) is 0 Å². The molecule has 5 heteroatoms. The number of hydrogen-bond donors (Lipinski definition) is 1. The van der Waals surface area contributed by atoms with E-state index in [0.717, 1.165) is 22.5 Å². The van der Waals surface area contributed by atoms with E-state index in [4.69, 9.17) is 4.74 Å². The Morgan fingerprint density at radius 1 is 1.37 bits per heavy atom. The fourth-order valence-electron chi connectivity index (χ4n) is 1.58. The van der Waals surface area contributed by atoms with Gasteiger partial charge in [0.2, 0.25) is 5.16 Å². The number of rotatable bonds is 6. The van der Waals surface area contributed by atoms with E-state index in [9.17, 15) is 0 Å². The number of nitrogens with one attached hydrogen (secondary N) is 1. The summed E-state index contributed by atoms with van der Waals surface area (Å²) in [6.45, 7) is 6.90. The summed E-state index contributed by atoms with van der Waals surface area (Å²) in [6.07, 6.45) is 0. The van der Waals surface area contributed by atoms with Crippen LogP contribution in [-0.2, 0) is 0 Å². The average Bonchev–Trinajstić information content (AvgIpc) is 2.84. The molecule has 0 amide bonds. The second kappa shape index (κ2) is 6.61. The molecule has 0 radical (unpaired) electrons. The molecule has 102 valence electrons. The van der Waals surface area contributed by atoms with Crippen molar-refractivity contribution in [3.05, 3.63) is 35.7 Å². The van der Waals surface area contributed by atoms with Gasteiger partial charge in [0.25, 0.3) is 0 Å². The van der Waals surface area contributed by atoms with Crippen molar-refractivity contribution in [1.29, 1.82) is 0 Å². The minimum atomic E-state index is 0.380. The van der Waals surface area contributed by atoms with Crippen LogP contribution in [0, 0.1) is 6.92 Å². The van der Waals surface area contributed by atoms with Crippen molar-refractivity contribution >= 4 is 11.8 Å². The number of benzene rings is 1. The van der Waals surface area contributed by atoms with Crippen molar-refractivity contribution in [2.45, 2.75) is 31.8 Å². The molecule has 0 unspecified atom stereocenters. The van der Waals surface area contributed by atoms with Gasteiger partial charge in [0, 0.05) is 11.7 Å². The van der Waals surface area contributed by atoms with Crippen LogP contribution in [0.3, 0.4) is 0 Å². The minimum Gasteiger partial charge on any atom is -0.493 e. The lowest BCUT2D eigenvalue weighted by Gasteiger charge is -2.05. The monoisotopic (exact) mass is 277 g/mol. The third-order valence-electron chi connectivity index (χ3n) is 2.60. The molecule has 0 aliphatic carbocycles. The van der Waals surface area contributed by atoms with Gasteiger partial charge in [0.05, 0.1) is 6.61 Å². The number of hydrogen-bond acceptors (Lipinski definition) is 4. The molecule has 0 bridgehead atoms. The van der Waals surface area contributed by atoms with Crippen molar-refractivity contribution < 1.29 is 4.74 Å². The van der Waals surface area contributed by atoms with E-state index in [2.05, 4.69) is 42.0 Å². The number of nitrogens with zero attached hydrogens (tertiary/aromatic N) is 2. The lowest BCUT2D eigenvalue weighted by atomic mass is 10.2. The second-order valence-corrected chi connectivity index (χ2v) is 5.73. The minimum absolute atomic E-state index is 0.380. The lowest BCUT2D eigenvalue weighted by Crippen LogP contribution is -2.00. The van der Waals surface area contributed by atoms with Gasteiger partial charge in [-0.15, -0.1) is 5.10 Å². The number of thioether (sulfide) groups is 1. The van der Waals surface area contributed by atoms with E-state index in [1.54, 1.807) is 11.8 Å². The molecule has 0 saturated carbocycles. The highest BCUT2D eigenvalue weighted by Crippen LogP contribution is 2.17. The van der Waals surface area contributed by atoms with Crippen LogP contribution in [0.25, 0.3) is 0 Å². The third kappa shape index (κ3) is 4.28. The molecule has 4 nitrogen and oxygen atoms in total. The quantitative estimate of drug-likeness (QED) is 0.649. The highest BCUT2D eigenvalue weighted by Gasteiger charge is 2.06. The molecular weight excluding hydrogens is 258 g/mol. The highest BCUT2D eigenvalue weighted by molar-refractivity contribution is 7.99. The number of ether oxygens (including phenoxy) is 1. The number of aromatic nitrogens is 3. The number of aromatic amines is 1. The van der Waals surface area contributed by atoms with Gasteiger partial charge in [-0.25, -0.2) is 4.98 Å². The van der Waals surface area contributed by atoms with E-state index in [-0.39, 0.29) is 0 Å². The Balaban J connectivity index is 1.74. The molecule has 1 N–H and O–H groups in total. The van der Waals surface area contributed by atoms with Crippen molar-refractivity contribution in [2.24, 2.45) is 0 Å². The zero-order valence-corrected chi connectivity index (χ0v) is 12.3. The van der Waals surface area contributed by atoms with E-state index in [1.165, 1.54) is 5.56 Å². The van der Waals surface area contributed by atoms with Gasteiger partial charge >= 0.3 is 0 Å². The predicted molar refractivity (Wildman–Crippen MR) is 77.9 cm³/mol. The van der Waals surface area contributed by atoms with Gasteiger partial charge < -0.3 is 4.74 Å². The van der Waals surface area contributed by atoms with Gasteiger partial charge in [-0.1, -0.05) is 37.7 Å². The Bertz CT molecular complexity index is 525. The predicted octanol–water partition coefficient (Wildman–Crippen LogP) is 3.41. The maximum absolute atomic E-state index is 5.68. The van der Waals surface area contributed by atoms with Crippen molar-refractivity contribution in [3.63, 3.8) is 0 Å². The fourth-order valence-corrected chi connectivity index (χ4v) is 2.20. The molecule has 2 rings (SSSR count). The first kappa shape index (κ1) is 13.9. The summed E-state index contributed by atoms with van der Waals surface area (Å²) in [4.78, 5) is 4.41. The Morgan fingerprint density at radius 3 is 2.89 bits per heavy atom. The Kier molecular flexibility index (Phi) is 4.85. The SMILES string of the molecule is Cc1cccc(OCCSc2n[nH]c(C(C)C)n2)c1. The largest absolute Gasteiger partial charge is 0.493 e. The van der Waals surface area contributed by atoms with Crippen LogP contribution in [0.5, 0.6) is 5.75 Å². The first-order valence-electron chi connectivity index (χ1n) is 6.39. The molecule has 0 saturated heterocycles. The van der Waals surface area contributed by atoms with Crippen LogP contribution >= 0.6 is 11.8 Å². The molecule has 0 atom stereocenters. The molecule has 0 aliphatic heterocycles. The molecule has 0 fully saturated rings. The van der Waals surface area contributed by atoms with Crippen molar-refractivity contribution in [3.8, 4) is 5.75 Å². The maximum atomic E-state index is 5.68. The molecule has 2 aromatic rings. The molecule has 0 spiro atoms. The standard InChI is InChI=1S/C14H19N3OS/c1-10(2)13-15-14(17-16-13)19-8-7-18-12-6-4-5-11(3)9-12/h4-6,9-10H,7-8H2,1-3H3,(H,15,16,17). The molecule has 1 aromatic carbocycles. The molecule has 0 aliphatic rings. The van der Waals surface area contributed by atoms with Crippen LogP contribution in [-0.4, -0.2) is 27.5 Å². The van der Waals surface area contributed by atoms with Crippen molar-refractivity contribution in [2.75, 3.05) is 12.4 Å². The molecule has 1 aromatic heterocycles. The smallest absolute Gasteiger partial charge is 0.208 e. The summed E-state index contributed by atoms with van der Waals surface area (Å²) in [6, 6.07) is 8.07. The van der Waals surface area contributed by atoms with Crippen molar-refractivity contribution in [1.82, 2.24) is 15.2 Å². The van der Waals surface area contributed by atoms with Gasteiger partial charge in [0.1, 0.15) is 11.6 Å². The summed E-state index contributed by atoms with van der Waals surface area (Å²) < 4.78 is 5.68. The Morgan fingerprint density at radius 2 is 2.21 bits per heavy atom. The third-order valence-corrected chi connectivity index (χ3v) is 3.41. The van der Waals surface area contributed by atoms with E-state index in [1.807, 2.05) is 18.2 Å². The summed E-state index contributed by atoms with van der Waals surface area (Å²) in [7, 11) is 0. The average molecular weight is 277 g/mol. The zero-order chi connectivity index (χ0) is 13.7. The Hall–Kier alpha value is -1.49. The Labute approximate surface area is 118 Å². The normalized spacial score (nSPS) is 10.9.